The van der Waals surface area contributed by atoms with Gasteiger partial charge < -0.3 is 26.1 Å². The van der Waals surface area contributed by atoms with Crippen molar-refractivity contribution < 1.29 is 14.4 Å². The molecule has 8 heteroatoms. The molecule has 1 unspecified atom stereocenters. The van der Waals surface area contributed by atoms with Crippen LogP contribution < -0.4 is 16.4 Å². The molecule has 7 nitrogen and oxygen atoms in total. The molecular formula is C19H28N4O3S. The highest BCUT2D eigenvalue weighted by Gasteiger charge is 2.41. The van der Waals surface area contributed by atoms with Gasteiger partial charge in [0.15, 0.2) is 0 Å². The van der Waals surface area contributed by atoms with Gasteiger partial charge in [0.05, 0.1) is 6.04 Å². The predicted molar refractivity (Wildman–Crippen MR) is 110 cm³/mol. The van der Waals surface area contributed by atoms with Gasteiger partial charge >= 0.3 is 0 Å². The number of amides is 2. The van der Waals surface area contributed by atoms with Crippen molar-refractivity contribution in [3.8, 4) is 0 Å². The van der Waals surface area contributed by atoms with E-state index >= 15 is 0 Å². The molecule has 1 aliphatic heterocycles. The summed E-state index contributed by atoms with van der Waals surface area (Å²) in [4.78, 5) is 37.3. The average Bonchev–Trinajstić information content (AvgIpc) is 2.94. The fraction of sp³-hybridized carbons (Fsp3) is 0.526. The Bertz CT molecular complexity index is 704. The van der Waals surface area contributed by atoms with Gasteiger partial charge in [-0.1, -0.05) is 26.8 Å². The quantitative estimate of drug-likeness (QED) is 0.612. The molecule has 1 saturated heterocycles. The average molecular weight is 393 g/mol. The van der Waals surface area contributed by atoms with E-state index in [-0.39, 0.29) is 22.4 Å². The Kier molecular flexibility index (Phi) is 6.89. The van der Waals surface area contributed by atoms with Crippen LogP contribution in [0.5, 0.6) is 0 Å². The first kappa shape index (κ1) is 21.2. The van der Waals surface area contributed by atoms with Gasteiger partial charge in [-0.05, 0) is 25.1 Å². The summed E-state index contributed by atoms with van der Waals surface area (Å²) in [6.45, 7) is 8.37. The van der Waals surface area contributed by atoms with Crippen molar-refractivity contribution in [2.75, 3.05) is 23.7 Å². The highest BCUT2D eigenvalue weighted by molar-refractivity contribution is 8.01. The van der Waals surface area contributed by atoms with Gasteiger partial charge in [0.1, 0.15) is 16.9 Å². The topological polar surface area (TPSA) is 105 Å². The maximum absolute atomic E-state index is 12.5. The second kappa shape index (κ2) is 8.75. The minimum Gasteiger partial charge on any atom is -0.383 e. The fourth-order valence-corrected chi connectivity index (χ4v) is 4.10. The van der Waals surface area contributed by atoms with Crippen LogP contribution in [0, 0.1) is 5.41 Å². The molecule has 0 aromatic heterocycles. The van der Waals surface area contributed by atoms with E-state index in [2.05, 4.69) is 10.6 Å². The highest BCUT2D eigenvalue weighted by Crippen LogP contribution is 2.33. The maximum atomic E-state index is 12.5. The number of nitrogens with two attached hydrogens (primary N) is 1. The van der Waals surface area contributed by atoms with Crippen molar-refractivity contribution in [3.63, 3.8) is 0 Å². The van der Waals surface area contributed by atoms with Crippen LogP contribution in [0.25, 0.3) is 0 Å². The molecule has 2 amide bonds. The second-order valence-corrected chi connectivity index (χ2v) is 8.84. The molecule has 1 fully saturated rings. The normalized spacial score (nSPS) is 21.1. The third kappa shape index (κ3) is 5.23. The lowest BCUT2D eigenvalue weighted by atomic mass is 9.95. The van der Waals surface area contributed by atoms with E-state index in [1.807, 2.05) is 52.0 Å². The van der Waals surface area contributed by atoms with Crippen molar-refractivity contribution in [3.05, 3.63) is 24.3 Å². The Morgan fingerprint density at radius 1 is 1.37 bits per heavy atom. The van der Waals surface area contributed by atoms with E-state index in [1.165, 1.54) is 11.8 Å². The van der Waals surface area contributed by atoms with E-state index in [0.717, 1.165) is 5.69 Å². The summed E-state index contributed by atoms with van der Waals surface area (Å²) in [6.07, 6.45) is 0.685. The Morgan fingerprint density at radius 2 is 2.04 bits per heavy atom. The van der Waals surface area contributed by atoms with Crippen molar-refractivity contribution >= 4 is 41.2 Å². The van der Waals surface area contributed by atoms with Crippen LogP contribution in [0.3, 0.4) is 0 Å². The summed E-state index contributed by atoms with van der Waals surface area (Å²) in [6, 6.07) is 6.68. The van der Waals surface area contributed by atoms with Gasteiger partial charge in [-0.2, -0.15) is 0 Å². The van der Waals surface area contributed by atoms with Crippen molar-refractivity contribution in [2.45, 2.75) is 44.4 Å². The molecule has 1 aromatic rings. The number of rotatable bonds is 7. The molecule has 3 atom stereocenters. The van der Waals surface area contributed by atoms with Gasteiger partial charge in [-0.25, -0.2) is 0 Å². The summed E-state index contributed by atoms with van der Waals surface area (Å²) in [7, 11) is 0. The Hall–Kier alpha value is -2.06. The van der Waals surface area contributed by atoms with Crippen LogP contribution in [0.15, 0.2) is 24.3 Å². The number of thioether (sulfide) groups is 1. The standard InChI is InChI=1S/C19H28N4O3S/c1-5-23-16(25)15(27-17(23)14(20)11-24)10-21-12-7-6-8-13(9-12)22-18(26)19(2,3)4/h6-9,11,14-15,17,21H,5,10,20H2,1-4H3,(H,22,26)/t14-,15-,17?/m1/s1. The van der Waals surface area contributed by atoms with Gasteiger partial charge in [0, 0.05) is 29.9 Å². The van der Waals surface area contributed by atoms with E-state index in [0.29, 0.717) is 25.1 Å². The van der Waals surface area contributed by atoms with Crippen LogP contribution >= 0.6 is 11.8 Å². The molecule has 0 spiro atoms. The highest BCUT2D eigenvalue weighted by atomic mass is 32.2. The number of carbonyl (C=O) groups excluding carboxylic acids is 3. The summed E-state index contributed by atoms with van der Waals surface area (Å²) in [5, 5.41) is 5.49. The minimum absolute atomic E-state index is 0.0190. The van der Waals surface area contributed by atoms with Crippen LogP contribution in [0.4, 0.5) is 11.4 Å². The first-order valence-corrected chi connectivity index (χ1v) is 9.94. The molecule has 4 N–H and O–H groups in total. The Morgan fingerprint density at radius 3 is 2.63 bits per heavy atom. The number of carbonyl (C=O) groups is 3. The lowest BCUT2D eigenvalue weighted by molar-refractivity contribution is -0.130. The molecule has 1 aromatic carbocycles. The number of aldehydes is 1. The van der Waals surface area contributed by atoms with Gasteiger partial charge in [-0.3, -0.25) is 9.59 Å². The first-order chi connectivity index (χ1) is 12.7. The minimum atomic E-state index is -0.695. The number of likely N-dealkylation sites (N-methyl/N-ethyl adjacent to an activating group) is 1. The molecule has 1 heterocycles. The van der Waals surface area contributed by atoms with E-state index in [4.69, 9.17) is 5.73 Å². The maximum Gasteiger partial charge on any atom is 0.238 e. The van der Waals surface area contributed by atoms with Crippen LogP contribution in [-0.4, -0.2) is 52.8 Å². The number of anilines is 2. The zero-order valence-corrected chi connectivity index (χ0v) is 17.0. The molecule has 0 radical (unpaired) electrons. The van der Waals surface area contributed by atoms with Gasteiger partial charge in [0.2, 0.25) is 11.8 Å². The number of nitrogens with zero attached hydrogens (tertiary/aromatic N) is 1. The Balaban J connectivity index is 2.00. The Labute approximate surface area is 164 Å². The van der Waals surface area contributed by atoms with Gasteiger partial charge in [-0.15, -0.1) is 11.8 Å². The molecule has 0 saturated carbocycles. The molecular weight excluding hydrogens is 364 g/mol. The smallest absolute Gasteiger partial charge is 0.238 e. The number of nitrogens with one attached hydrogen (secondary N) is 2. The summed E-state index contributed by atoms with van der Waals surface area (Å²) < 4.78 is 0. The SMILES string of the molecule is CCN1C(=O)[C@@H](CNc2cccc(NC(=O)C(C)(C)C)c2)SC1[C@H](N)C=O. The molecule has 0 bridgehead atoms. The largest absolute Gasteiger partial charge is 0.383 e. The third-order valence-corrected chi connectivity index (χ3v) is 5.83. The van der Waals surface area contributed by atoms with Crippen LogP contribution in [0.2, 0.25) is 0 Å². The lowest BCUT2D eigenvalue weighted by Gasteiger charge is -2.23. The fourth-order valence-electron chi connectivity index (χ4n) is 2.68. The summed E-state index contributed by atoms with van der Waals surface area (Å²) in [5.41, 5.74) is 6.86. The predicted octanol–water partition coefficient (Wildman–Crippen LogP) is 1.90. The third-order valence-electron chi connectivity index (χ3n) is 4.29. The van der Waals surface area contributed by atoms with Crippen molar-refractivity contribution in [2.24, 2.45) is 11.1 Å². The van der Waals surface area contributed by atoms with Gasteiger partial charge in [0.25, 0.3) is 0 Å². The molecule has 27 heavy (non-hydrogen) atoms. The van der Waals surface area contributed by atoms with Crippen molar-refractivity contribution in [1.29, 1.82) is 0 Å². The zero-order chi connectivity index (χ0) is 20.2. The molecule has 148 valence electrons. The molecule has 2 rings (SSSR count). The summed E-state index contributed by atoms with van der Waals surface area (Å²) in [5.74, 6) is -0.0834. The monoisotopic (exact) mass is 392 g/mol. The van der Waals surface area contributed by atoms with Crippen molar-refractivity contribution in [1.82, 2.24) is 4.90 Å². The van der Waals surface area contributed by atoms with E-state index in [1.54, 1.807) is 4.90 Å². The summed E-state index contributed by atoms with van der Waals surface area (Å²) >= 11 is 1.41. The molecule has 1 aliphatic rings. The number of hydrogen-bond acceptors (Lipinski definition) is 6. The van der Waals surface area contributed by atoms with E-state index < -0.39 is 11.5 Å². The first-order valence-electron chi connectivity index (χ1n) is 8.99. The molecule has 0 aliphatic carbocycles. The van der Waals surface area contributed by atoms with E-state index in [9.17, 15) is 14.4 Å². The van der Waals surface area contributed by atoms with Crippen LogP contribution in [-0.2, 0) is 14.4 Å². The zero-order valence-electron chi connectivity index (χ0n) is 16.2. The number of benzene rings is 1. The van der Waals surface area contributed by atoms with Crippen LogP contribution in [0.1, 0.15) is 27.7 Å². The number of hydrogen-bond donors (Lipinski definition) is 3. The second-order valence-electron chi connectivity index (χ2n) is 7.52. The lowest BCUT2D eigenvalue weighted by Crippen LogP contribution is -2.45.